The molecule has 5 aromatic rings. The molecule has 0 aliphatic carbocycles. The van der Waals surface area contributed by atoms with E-state index in [0.29, 0.717) is 33.1 Å². The van der Waals surface area contributed by atoms with Gasteiger partial charge >= 0.3 is 12.1 Å². The van der Waals surface area contributed by atoms with Crippen molar-refractivity contribution in [2.75, 3.05) is 5.32 Å². The summed E-state index contributed by atoms with van der Waals surface area (Å²) in [6, 6.07) is 18.5. The number of aryl methyl sites for hydroxylation is 1. The Morgan fingerprint density at radius 1 is 0.977 bits per heavy atom. The second kappa shape index (κ2) is 12.3. The summed E-state index contributed by atoms with van der Waals surface area (Å²) in [5.74, 6) is -4.26. The number of carbonyl (C=O) groups excluding carboxylic acids is 1. The fourth-order valence-electron chi connectivity index (χ4n) is 4.35. The third kappa shape index (κ3) is 6.31. The standard InChI is InChI=1S/C31H23ClF2N4O5/c1-17(21-6-3-4-8-24(21)32)42-31(41)37-28-23(16-36-38(28)2)19-11-9-18(10-12-19)20-14-25(33)27(26(34)15-20)43-29-22(30(39)40)7-5-13-35-29/h3-17H,1-2H3,(H,37,41)(H,39,40)/t17-/m1/s1. The number of carboxylic acid groups (broad SMARTS) is 1. The zero-order valence-corrected chi connectivity index (χ0v) is 23.5. The number of hydrogen-bond acceptors (Lipinski definition) is 6. The molecule has 0 unspecified atom stereocenters. The molecule has 43 heavy (non-hydrogen) atoms. The van der Waals surface area contributed by atoms with Crippen LogP contribution in [0, 0.1) is 11.6 Å². The number of hydrogen-bond donors (Lipinski definition) is 2. The van der Waals surface area contributed by atoms with Gasteiger partial charge < -0.3 is 14.6 Å². The van der Waals surface area contributed by atoms with Gasteiger partial charge in [-0.3, -0.25) is 10.00 Å². The Kier molecular flexibility index (Phi) is 8.35. The van der Waals surface area contributed by atoms with E-state index in [1.54, 1.807) is 68.7 Å². The Balaban J connectivity index is 1.34. The lowest BCUT2D eigenvalue weighted by Crippen LogP contribution is -2.18. The Bertz CT molecular complexity index is 1800. The Labute approximate surface area is 249 Å². The molecule has 1 atom stereocenters. The summed E-state index contributed by atoms with van der Waals surface area (Å²) in [5, 5.41) is 16.7. The molecular weight excluding hydrogens is 582 g/mol. The van der Waals surface area contributed by atoms with Crippen molar-refractivity contribution >= 4 is 29.5 Å². The van der Waals surface area contributed by atoms with Gasteiger partial charge in [-0.2, -0.15) is 5.10 Å². The summed E-state index contributed by atoms with van der Waals surface area (Å²) in [4.78, 5) is 27.9. The monoisotopic (exact) mass is 604 g/mol. The topological polar surface area (TPSA) is 116 Å². The zero-order valence-electron chi connectivity index (χ0n) is 22.7. The molecule has 1 amide bonds. The molecule has 2 heterocycles. The molecule has 0 aliphatic heterocycles. The summed E-state index contributed by atoms with van der Waals surface area (Å²) >= 11 is 6.21. The minimum absolute atomic E-state index is 0.218. The van der Waals surface area contributed by atoms with E-state index < -0.39 is 41.4 Å². The van der Waals surface area contributed by atoms with Gasteiger partial charge in [0.25, 0.3) is 0 Å². The molecule has 0 radical (unpaired) electrons. The van der Waals surface area contributed by atoms with Gasteiger partial charge in [-0.15, -0.1) is 0 Å². The van der Waals surface area contributed by atoms with Gasteiger partial charge in [0, 0.05) is 29.4 Å². The number of nitrogens with zero attached hydrogens (tertiary/aromatic N) is 3. The van der Waals surface area contributed by atoms with Gasteiger partial charge in [-0.25, -0.2) is 23.4 Å². The number of halogens is 3. The van der Waals surface area contributed by atoms with E-state index in [0.717, 1.165) is 12.1 Å². The first-order chi connectivity index (χ1) is 20.6. The van der Waals surface area contributed by atoms with Gasteiger partial charge in [0.2, 0.25) is 11.6 Å². The molecule has 0 bridgehead atoms. The maximum Gasteiger partial charge on any atom is 0.413 e. The molecule has 218 valence electrons. The Hall–Kier alpha value is -5.29. The van der Waals surface area contributed by atoms with Crippen molar-refractivity contribution in [1.82, 2.24) is 14.8 Å². The van der Waals surface area contributed by atoms with Crippen LogP contribution in [0.4, 0.5) is 19.4 Å². The van der Waals surface area contributed by atoms with Crippen LogP contribution in [-0.4, -0.2) is 31.9 Å². The van der Waals surface area contributed by atoms with Gasteiger partial charge in [0.05, 0.1) is 6.20 Å². The highest BCUT2D eigenvalue weighted by molar-refractivity contribution is 6.31. The second-order valence-electron chi connectivity index (χ2n) is 9.33. The highest BCUT2D eigenvalue weighted by Crippen LogP contribution is 2.35. The third-order valence-corrected chi connectivity index (χ3v) is 6.86. The predicted molar refractivity (Wildman–Crippen MR) is 155 cm³/mol. The number of pyridine rings is 1. The normalized spacial score (nSPS) is 11.6. The lowest BCUT2D eigenvalue weighted by atomic mass is 10.0. The number of anilines is 1. The molecule has 0 saturated carbocycles. The van der Waals surface area contributed by atoms with Crippen molar-refractivity contribution in [3.63, 3.8) is 0 Å². The number of benzene rings is 3. The molecule has 0 aliphatic rings. The summed E-state index contributed by atoms with van der Waals surface area (Å²) in [6.07, 6.45) is 1.51. The van der Waals surface area contributed by atoms with E-state index in [4.69, 9.17) is 21.1 Å². The van der Waals surface area contributed by atoms with Crippen molar-refractivity contribution in [2.24, 2.45) is 7.05 Å². The summed E-state index contributed by atoms with van der Waals surface area (Å²) < 4.78 is 42.1. The van der Waals surface area contributed by atoms with E-state index in [9.17, 15) is 23.5 Å². The minimum Gasteiger partial charge on any atom is -0.477 e. The first-order valence-corrected chi connectivity index (χ1v) is 13.2. The van der Waals surface area contributed by atoms with Gasteiger partial charge in [0.15, 0.2) is 11.6 Å². The van der Waals surface area contributed by atoms with Gasteiger partial charge in [-0.1, -0.05) is 54.1 Å². The van der Waals surface area contributed by atoms with E-state index in [1.165, 1.54) is 23.0 Å². The highest BCUT2D eigenvalue weighted by Gasteiger charge is 2.21. The fourth-order valence-corrected chi connectivity index (χ4v) is 4.64. The van der Waals surface area contributed by atoms with Crippen LogP contribution in [0.2, 0.25) is 5.02 Å². The van der Waals surface area contributed by atoms with E-state index in [1.807, 2.05) is 0 Å². The maximum atomic E-state index is 14.9. The first-order valence-electron chi connectivity index (χ1n) is 12.8. The van der Waals surface area contributed by atoms with Crippen molar-refractivity contribution in [3.8, 4) is 33.9 Å². The summed E-state index contributed by atoms with van der Waals surface area (Å²) in [5.41, 5.74) is 2.28. The first kappa shape index (κ1) is 29.2. The lowest BCUT2D eigenvalue weighted by Gasteiger charge is -2.16. The average molecular weight is 605 g/mol. The fraction of sp³-hybridized carbons (Fsp3) is 0.0968. The SMILES string of the molecule is C[C@@H](OC(=O)Nc1c(-c2ccc(-c3cc(F)c(Oc4ncccc4C(=O)O)c(F)c3)cc2)cnn1C)c1ccccc1Cl. The molecular formula is C31H23ClF2N4O5. The number of ether oxygens (including phenoxy) is 2. The molecule has 5 rings (SSSR count). The van der Waals surface area contributed by atoms with Crippen molar-refractivity contribution in [1.29, 1.82) is 0 Å². The molecule has 9 nitrogen and oxygen atoms in total. The minimum atomic E-state index is -1.35. The average Bonchev–Trinajstić information content (AvgIpc) is 3.34. The molecule has 0 fully saturated rings. The van der Waals surface area contributed by atoms with Crippen molar-refractivity contribution in [3.05, 3.63) is 113 Å². The van der Waals surface area contributed by atoms with Crippen LogP contribution in [0.15, 0.2) is 85.2 Å². The second-order valence-corrected chi connectivity index (χ2v) is 9.74. The zero-order chi connectivity index (χ0) is 30.7. The van der Waals surface area contributed by atoms with Crippen LogP contribution in [0.3, 0.4) is 0 Å². The van der Waals surface area contributed by atoms with Crippen LogP contribution < -0.4 is 10.1 Å². The molecule has 0 saturated heterocycles. The summed E-state index contributed by atoms with van der Waals surface area (Å²) in [7, 11) is 1.66. The maximum absolute atomic E-state index is 14.9. The van der Waals surface area contributed by atoms with Crippen molar-refractivity contribution in [2.45, 2.75) is 13.0 Å². The number of aromatic nitrogens is 3. The third-order valence-electron chi connectivity index (χ3n) is 6.51. The van der Waals surface area contributed by atoms with Crippen molar-refractivity contribution < 1.29 is 33.0 Å². The number of aromatic carboxylic acids is 1. The lowest BCUT2D eigenvalue weighted by molar-refractivity contribution is 0.0693. The number of carboxylic acids is 1. The van der Waals surface area contributed by atoms with Crippen LogP contribution in [0.25, 0.3) is 22.3 Å². The number of rotatable bonds is 8. The van der Waals surface area contributed by atoms with E-state index in [2.05, 4.69) is 15.4 Å². The van der Waals surface area contributed by atoms with E-state index in [-0.39, 0.29) is 11.1 Å². The molecule has 2 aromatic heterocycles. The Morgan fingerprint density at radius 3 is 2.33 bits per heavy atom. The highest BCUT2D eigenvalue weighted by atomic mass is 35.5. The van der Waals surface area contributed by atoms with E-state index >= 15 is 0 Å². The molecule has 12 heteroatoms. The quantitative estimate of drug-likeness (QED) is 0.185. The van der Waals surface area contributed by atoms with Crippen LogP contribution >= 0.6 is 11.6 Å². The van der Waals surface area contributed by atoms with Crippen LogP contribution in [0.1, 0.15) is 28.9 Å². The number of nitrogens with one attached hydrogen (secondary N) is 1. The number of carbonyl (C=O) groups is 2. The predicted octanol–water partition coefficient (Wildman–Crippen LogP) is 7.88. The Morgan fingerprint density at radius 2 is 1.65 bits per heavy atom. The molecule has 0 spiro atoms. The largest absolute Gasteiger partial charge is 0.477 e. The van der Waals surface area contributed by atoms with Crippen LogP contribution in [0.5, 0.6) is 11.6 Å². The van der Waals surface area contributed by atoms with Gasteiger partial charge in [0.1, 0.15) is 17.5 Å². The number of amides is 1. The van der Waals surface area contributed by atoms with Gasteiger partial charge in [-0.05, 0) is 53.9 Å². The molecule has 3 aromatic carbocycles. The smallest absolute Gasteiger partial charge is 0.413 e. The summed E-state index contributed by atoms with van der Waals surface area (Å²) in [6.45, 7) is 1.71. The van der Waals surface area contributed by atoms with Crippen LogP contribution in [-0.2, 0) is 11.8 Å². The molecule has 2 N–H and O–H groups in total.